The number of aliphatic hydroxyl groups is 1. The van der Waals surface area contributed by atoms with Crippen molar-refractivity contribution in [3.05, 3.63) is 29.8 Å². The second-order valence-corrected chi connectivity index (χ2v) is 10.3. The van der Waals surface area contributed by atoms with Crippen molar-refractivity contribution in [3.63, 3.8) is 0 Å². The first-order chi connectivity index (χ1) is 12.4. The molecule has 0 radical (unpaired) electrons. The Morgan fingerprint density at radius 3 is 2.42 bits per heavy atom. The third-order valence-corrected chi connectivity index (χ3v) is 7.93. The van der Waals surface area contributed by atoms with E-state index >= 15 is 0 Å². The molecule has 2 aliphatic heterocycles. The second-order valence-electron chi connectivity index (χ2n) is 6.91. The van der Waals surface area contributed by atoms with E-state index in [1.54, 1.807) is 12.1 Å². The van der Waals surface area contributed by atoms with Gasteiger partial charge in [0.25, 0.3) is 0 Å². The van der Waals surface area contributed by atoms with Gasteiger partial charge in [-0.05, 0) is 30.5 Å². The summed E-state index contributed by atoms with van der Waals surface area (Å²) in [5, 5.41) is 16.0. The molecule has 0 bridgehead atoms. The van der Waals surface area contributed by atoms with Crippen LogP contribution in [0.4, 0.5) is 0 Å². The number of piperazine rings is 1. The Labute approximate surface area is 164 Å². The van der Waals surface area contributed by atoms with Gasteiger partial charge in [0.2, 0.25) is 10.0 Å². The molecule has 0 spiro atoms. The van der Waals surface area contributed by atoms with E-state index in [1.807, 2.05) is 28.8 Å². The Hall–Kier alpha value is -0.350. The van der Waals surface area contributed by atoms with Gasteiger partial charge >= 0.3 is 0 Å². The number of thioether (sulfide) groups is 1. The van der Waals surface area contributed by atoms with Crippen molar-refractivity contribution >= 4 is 33.4 Å². The second kappa shape index (κ2) is 8.77. The summed E-state index contributed by atoms with van der Waals surface area (Å²) in [4.78, 5) is 4.65. The van der Waals surface area contributed by atoms with Crippen molar-refractivity contribution in [3.8, 4) is 0 Å². The van der Waals surface area contributed by atoms with Crippen LogP contribution < -0.4 is 5.14 Å². The summed E-state index contributed by atoms with van der Waals surface area (Å²) in [5.74, 6) is 0.254. The van der Waals surface area contributed by atoms with Crippen molar-refractivity contribution in [2.75, 3.05) is 38.6 Å². The van der Waals surface area contributed by atoms with Gasteiger partial charge in [-0.25, -0.2) is 13.6 Å². The number of rotatable bonds is 6. The number of hydrogen-bond donors (Lipinski definition) is 2. The minimum absolute atomic E-state index is 0.165. The average molecular weight is 420 g/mol. The Morgan fingerprint density at radius 2 is 1.85 bits per heavy atom. The van der Waals surface area contributed by atoms with Gasteiger partial charge in [-0.3, -0.25) is 9.80 Å². The summed E-state index contributed by atoms with van der Waals surface area (Å²) < 4.78 is 22.7. The quantitative estimate of drug-likeness (QED) is 0.678. The summed E-state index contributed by atoms with van der Waals surface area (Å²) in [6, 6.07) is 6.96. The first kappa shape index (κ1) is 20.4. The van der Waals surface area contributed by atoms with E-state index in [4.69, 9.17) is 16.7 Å². The minimum Gasteiger partial charge on any atom is -0.377 e. The normalized spacial score (nSPS) is 26.9. The number of primary sulfonamides is 1. The highest BCUT2D eigenvalue weighted by Gasteiger charge is 2.30. The van der Waals surface area contributed by atoms with Crippen LogP contribution in [0.2, 0.25) is 0 Å². The molecule has 2 aliphatic rings. The SMILES string of the molecule is NS(=O)(=O)c1ccc(C2CCC(CN3CCN(C(O)CCl)CC3)S2)cc1. The van der Waals surface area contributed by atoms with Crippen LogP contribution in [0.25, 0.3) is 0 Å². The van der Waals surface area contributed by atoms with Gasteiger partial charge in [-0.1, -0.05) is 12.1 Å². The fourth-order valence-corrected chi connectivity index (χ4v) is 5.92. The van der Waals surface area contributed by atoms with E-state index in [0.29, 0.717) is 10.5 Å². The van der Waals surface area contributed by atoms with Crippen LogP contribution in [-0.2, 0) is 10.0 Å². The first-order valence-electron chi connectivity index (χ1n) is 8.85. The number of halogens is 1. The third kappa shape index (κ3) is 5.13. The van der Waals surface area contributed by atoms with Gasteiger partial charge < -0.3 is 5.11 Å². The van der Waals surface area contributed by atoms with E-state index in [-0.39, 0.29) is 10.8 Å². The van der Waals surface area contributed by atoms with Gasteiger partial charge in [0.15, 0.2) is 0 Å². The van der Waals surface area contributed by atoms with Crippen molar-refractivity contribution in [1.82, 2.24) is 9.80 Å². The molecule has 26 heavy (non-hydrogen) atoms. The number of aliphatic hydroxyl groups excluding tert-OH is 1. The molecule has 3 atom stereocenters. The van der Waals surface area contributed by atoms with Crippen LogP contribution in [0.1, 0.15) is 23.7 Å². The van der Waals surface area contributed by atoms with Crippen molar-refractivity contribution in [2.24, 2.45) is 5.14 Å². The van der Waals surface area contributed by atoms with E-state index < -0.39 is 16.3 Å². The predicted molar refractivity (Wildman–Crippen MR) is 106 cm³/mol. The smallest absolute Gasteiger partial charge is 0.238 e. The Bertz CT molecular complexity index is 694. The van der Waals surface area contributed by atoms with Crippen LogP contribution in [0, 0.1) is 0 Å². The van der Waals surface area contributed by atoms with Crippen molar-refractivity contribution < 1.29 is 13.5 Å². The van der Waals surface area contributed by atoms with Gasteiger partial charge in [-0.2, -0.15) is 0 Å². The lowest BCUT2D eigenvalue weighted by Gasteiger charge is -2.37. The summed E-state index contributed by atoms with van der Waals surface area (Å²) in [6.07, 6.45) is 1.73. The Balaban J connectivity index is 1.49. The molecule has 3 rings (SSSR count). The minimum atomic E-state index is -3.63. The topological polar surface area (TPSA) is 86.9 Å². The number of alkyl halides is 1. The summed E-state index contributed by atoms with van der Waals surface area (Å²) in [5.41, 5.74) is 1.17. The summed E-state index contributed by atoms with van der Waals surface area (Å²) >= 11 is 7.70. The van der Waals surface area contributed by atoms with Crippen LogP contribution >= 0.6 is 23.4 Å². The number of sulfonamides is 1. The lowest BCUT2D eigenvalue weighted by atomic mass is 10.1. The zero-order chi connectivity index (χ0) is 18.7. The molecular weight excluding hydrogens is 394 g/mol. The summed E-state index contributed by atoms with van der Waals surface area (Å²) in [6.45, 7) is 4.67. The van der Waals surface area contributed by atoms with Gasteiger partial charge in [0, 0.05) is 43.2 Å². The molecule has 6 nitrogen and oxygen atoms in total. The van der Waals surface area contributed by atoms with Gasteiger partial charge in [-0.15, -0.1) is 23.4 Å². The number of nitrogens with zero attached hydrogens (tertiary/aromatic N) is 2. The molecule has 2 fully saturated rings. The van der Waals surface area contributed by atoms with Gasteiger partial charge in [0.1, 0.15) is 6.23 Å². The predicted octanol–water partition coefficient (Wildman–Crippen LogP) is 1.45. The zero-order valence-electron chi connectivity index (χ0n) is 14.6. The molecule has 0 aliphatic carbocycles. The van der Waals surface area contributed by atoms with Crippen LogP contribution in [-0.4, -0.2) is 73.4 Å². The molecule has 2 saturated heterocycles. The van der Waals surface area contributed by atoms with Gasteiger partial charge in [0.05, 0.1) is 10.8 Å². The highest BCUT2D eigenvalue weighted by molar-refractivity contribution is 8.00. The molecule has 0 amide bonds. The van der Waals surface area contributed by atoms with E-state index in [9.17, 15) is 13.5 Å². The third-order valence-electron chi connectivity index (χ3n) is 5.12. The lowest BCUT2D eigenvalue weighted by molar-refractivity contribution is -0.0103. The Kier molecular flexibility index (Phi) is 6.88. The fraction of sp³-hybridized carbons (Fsp3) is 0.647. The molecular formula is C17H26ClN3O3S2. The summed E-state index contributed by atoms with van der Waals surface area (Å²) in [7, 11) is -3.63. The molecule has 1 aromatic carbocycles. The molecule has 3 unspecified atom stereocenters. The first-order valence-corrected chi connectivity index (χ1v) is 11.9. The lowest BCUT2D eigenvalue weighted by Crippen LogP contribution is -2.51. The Morgan fingerprint density at radius 1 is 1.19 bits per heavy atom. The zero-order valence-corrected chi connectivity index (χ0v) is 17.0. The monoisotopic (exact) mass is 419 g/mol. The molecule has 146 valence electrons. The fourth-order valence-electron chi connectivity index (χ4n) is 3.59. The maximum atomic E-state index is 11.4. The van der Waals surface area contributed by atoms with Crippen LogP contribution in [0.3, 0.4) is 0 Å². The molecule has 3 N–H and O–H groups in total. The number of hydrogen-bond acceptors (Lipinski definition) is 6. The molecule has 2 heterocycles. The molecule has 1 aromatic rings. The average Bonchev–Trinajstić information content (AvgIpc) is 3.09. The van der Waals surface area contributed by atoms with Crippen LogP contribution in [0.5, 0.6) is 0 Å². The highest BCUT2D eigenvalue weighted by Crippen LogP contribution is 2.45. The van der Waals surface area contributed by atoms with Crippen molar-refractivity contribution in [1.29, 1.82) is 0 Å². The van der Waals surface area contributed by atoms with E-state index in [1.165, 1.54) is 5.56 Å². The van der Waals surface area contributed by atoms with Crippen molar-refractivity contribution in [2.45, 2.75) is 34.5 Å². The molecule has 0 aromatic heterocycles. The standard InChI is InChI=1S/C17H26ClN3O3S2/c18-11-17(22)21-9-7-20(8-10-21)12-14-3-6-16(25-14)13-1-4-15(5-2-13)26(19,23)24/h1-2,4-5,14,16-17,22H,3,6-12H2,(H2,19,23,24). The largest absolute Gasteiger partial charge is 0.377 e. The molecule has 0 saturated carbocycles. The van der Waals surface area contributed by atoms with E-state index in [0.717, 1.165) is 45.6 Å². The maximum Gasteiger partial charge on any atom is 0.238 e. The molecule has 9 heteroatoms. The van der Waals surface area contributed by atoms with Crippen LogP contribution in [0.15, 0.2) is 29.2 Å². The maximum absolute atomic E-state index is 11.4. The number of nitrogens with two attached hydrogens (primary N) is 1. The van der Waals surface area contributed by atoms with E-state index in [2.05, 4.69) is 4.90 Å². The highest BCUT2D eigenvalue weighted by atomic mass is 35.5. The number of benzene rings is 1.